The van der Waals surface area contributed by atoms with Gasteiger partial charge < -0.3 is 10.0 Å². The lowest BCUT2D eigenvalue weighted by Gasteiger charge is -2.21. The first-order valence-corrected chi connectivity index (χ1v) is 6.59. The van der Waals surface area contributed by atoms with Gasteiger partial charge in [0.15, 0.2) is 0 Å². The van der Waals surface area contributed by atoms with Crippen LogP contribution < -0.4 is 4.90 Å². The summed E-state index contributed by atoms with van der Waals surface area (Å²) in [6.07, 6.45) is 5.40. The molecule has 1 aromatic carbocycles. The normalized spacial score (nSPS) is 16.4. The van der Waals surface area contributed by atoms with Crippen molar-refractivity contribution in [2.24, 2.45) is 0 Å². The molecule has 0 unspecified atom stereocenters. The molecule has 0 saturated carbocycles. The molecule has 1 aromatic rings. The number of carbonyl (C=O) groups excluding carboxylic acids is 1. The number of amides is 1. The molecule has 1 saturated heterocycles. The highest BCUT2D eigenvalue weighted by molar-refractivity contribution is 5.94. The first-order chi connectivity index (χ1) is 9.58. The van der Waals surface area contributed by atoms with Crippen LogP contribution in [0.3, 0.4) is 0 Å². The van der Waals surface area contributed by atoms with Gasteiger partial charge in [-0.05, 0) is 36.6 Å². The summed E-state index contributed by atoms with van der Waals surface area (Å²) in [7, 11) is 0. The molecule has 1 aliphatic rings. The van der Waals surface area contributed by atoms with E-state index in [0.717, 1.165) is 25.3 Å². The van der Waals surface area contributed by atoms with Crippen LogP contribution in [0.15, 0.2) is 24.3 Å². The van der Waals surface area contributed by atoms with E-state index in [4.69, 9.17) is 5.11 Å². The van der Waals surface area contributed by atoms with E-state index in [0.29, 0.717) is 18.5 Å². The Hall–Kier alpha value is -2.17. The lowest BCUT2D eigenvalue weighted by molar-refractivity contribution is -0.131. The van der Waals surface area contributed by atoms with Crippen LogP contribution in [0.2, 0.25) is 0 Å². The monoisotopic (exact) mass is 277 g/mol. The van der Waals surface area contributed by atoms with Crippen LogP contribution in [0, 0.1) is 5.82 Å². The Bertz CT molecular complexity index is 554. The van der Waals surface area contributed by atoms with Gasteiger partial charge in [-0.15, -0.1) is 0 Å². The Morgan fingerprint density at radius 3 is 2.80 bits per heavy atom. The molecular weight excluding hydrogens is 261 g/mol. The Morgan fingerprint density at radius 2 is 2.10 bits per heavy atom. The molecule has 1 N–H and O–H groups in total. The molecule has 1 fully saturated rings. The predicted molar refractivity (Wildman–Crippen MR) is 73.9 cm³/mol. The lowest BCUT2D eigenvalue weighted by atomic mass is 10.1. The first-order valence-electron chi connectivity index (χ1n) is 6.59. The van der Waals surface area contributed by atoms with Crippen LogP contribution >= 0.6 is 0 Å². The molecule has 2 rings (SSSR count). The third-order valence-corrected chi connectivity index (χ3v) is 3.25. The summed E-state index contributed by atoms with van der Waals surface area (Å²) in [6.45, 7) is 0.528. The van der Waals surface area contributed by atoms with Gasteiger partial charge in [-0.25, -0.2) is 9.18 Å². The number of nitrogens with zero attached hydrogens (tertiary/aromatic N) is 1. The van der Waals surface area contributed by atoms with E-state index in [1.807, 2.05) is 0 Å². The maximum absolute atomic E-state index is 14.1. The second kappa shape index (κ2) is 6.32. The highest BCUT2D eigenvalue weighted by Crippen LogP contribution is 2.24. The smallest absolute Gasteiger partial charge is 0.328 e. The molecule has 20 heavy (non-hydrogen) atoms. The fourth-order valence-corrected chi connectivity index (χ4v) is 2.25. The number of halogens is 1. The molecule has 1 heterocycles. The number of anilines is 1. The van der Waals surface area contributed by atoms with Crippen LogP contribution in [-0.4, -0.2) is 23.5 Å². The minimum absolute atomic E-state index is 0.0600. The fourth-order valence-electron chi connectivity index (χ4n) is 2.25. The Morgan fingerprint density at radius 1 is 1.30 bits per heavy atom. The minimum Gasteiger partial charge on any atom is -0.478 e. The summed E-state index contributed by atoms with van der Waals surface area (Å²) in [5.41, 5.74) is 0.722. The first kappa shape index (κ1) is 14.2. The van der Waals surface area contributed by atoms with Gasteiger partial charge >= 0.3 is 5.97 Å². The van der Waals surface area contributed by atoms with Gasteiger partial charge in [-0.3, -0.25) is 4.79 Å². The van der Waals surface area contributed by atoms with Crippen LogP contribution in [0.1, 0.15) is 31.2 Å². The zero-order valence-corrected chi connectivity index (χ0v) is 11.0. The highest BCUT2D eigenvalue weighted by atomic mass is 19.1. The Kier molecular flexibility index (Phi) is 4.50. The van der Waals surface area contributed by atoms with E-state index in [9.17, 15) is 14.0 Å². The van der Waals surface area contributed by atoms with Crippen LogP contribution in [-0.2, 0) is 9.59 Å². The zero-order chi connectivity index (χ0) is 14.5. The standard InChI is InChI=1S/C15H16FNO3/c16-12-10-11(6-8-15(19)20)5-7-13(12)17-9-3-1-2-4-14(17)18/h5-8,10H,1-4,9H2,(H,19,20). The van der Waals surface area contributed by atoms with Gasteiger partial charge in [-0.1, -0.05) is 12.5 Å². The van der Waals surface area contributed by atoms with Crippen LogP contribution in [0.5, 0.6) is 0 Å². The predicted octanol–water partition coefficient (Wildman–Crippen LogP) is 2.83. The van der Waals surface area contributed by atoms with Crippen molar-refractivity contribution in [1.29, 1.82) is 0 Å². The van der Waals surface area contributed by atoms with Crippen molar-refractivity contribution in [3.8, 4) is 0 Å². The third-order valence-electron chi connectivity index (χ3n) is 3.25. The average molecular weight is 277 g/mol. The van der Waals surface area contributed by atoms with Gasteiger partial charge in [0, 0.05) is 19.0 Å². The second-order valence-corrected chi connectivity index (χ2v) is 4.74. The number of carboxylic acids is 1. The van der Waals surface area contributed by atoms with Crippen molar-refractivity contribution in [3.05, 3.63) is 35.7 Å². The summed E-state index contributed by atoms with van der Waals surface area (Å²) in [5.74, 6) is -1.65. The lowest BCUT2D eigenvalue weighted by Crippen LogP contribution is -2.30. The van der Waals surface area contributed by atoms with Crippen molar-refractivity contribution >= 4 is 23.6 Å². The van der Waals surface area contributed by atoms with Crippen molar-refractivity contribution < 1.29 is 19.1 Å². The topological polar surface area (TPSA) is 57.6 Å². The third kappa shape index (κ3) is 3.44. The maximum Gasteiger partial charge on any atom is 0.328 e. The number of rotatable bonds is 3. The molecule has 0 aliphatic carbocycles. The van der Waals surface area contributed by atoms with Crippen LogP contribution in [0.4, 0.5) is 10.1 Å². The number of benzene rings is 1. The molecule has 106 valence electrons. The number of hydrogen-bond acceptors (Lipinski definition) is 2. The van der Waals surface area contributed by atoms with Gasteiger partial charge in [0.25, 0.3) is 0 Å². The van der Waals surface area contributed by atoms with Crippen molar-refractivity contribution in [3.63, 3.8) is 0 Å². The van der Waals surface area contributed by atoms with E-state index in [2.05, 4.69) is 0 Å². The molecule has 0 atom stereocenters. The van der Waals surface area contributed by atoms with E-state index in [-0.39, 0.29) is 11.6 Å². The van der Waals surface area contributed by atoms with Gasteiger partial charge in [0.2, 0.25) is 5.91 Å². The maximum atomic E-state index is 14.1. The molecule has 4 nitrogen and oxygen atoms in total. The molecule has 0 bridgehead atoms. The molecule has 1 amide bonds. The summed E-state index contributed by atoms with van der Waals surface area (Å²) in [6, 6.07) is 4.38. The molecule has 5 heteroatoms. The van der Waals surface area contributed by atoms with Crippen molar-refractivity contribution in [1.82, 2.24) is 0 Å². The van der Waals surface area contributed by atoms with E-state index in [1.54, 1.807) is 6.07 Å². The number of carboxylic acid groups (broad SMARTS) is 1. The summed E-state index contributed by atoms with van der Waals surface area (Å²) in [5, 5.41) is 8.54. The minimum atomic E-state index is -1.09. The number of aliphatic carboxylic acids is 1. The second-order valence-electron chi connectivity index (χ2n) is 4.74. The number of hydrogen-bond donors (Lipinski definition) is 1. The van der Waals surface area contributed by atoms with E-state index < -0.39 is 11.8 Å². The largest absolute Gasteiger partial charge is 0.478 e. The average Bonchev–Trinajstić information content (AvgIpc) is 2.61. The van der Waals surface area contributed by atoms with Gasteiger partial charge in [-0.2, -0.15) is 0 Å². The Labute approximate surface area is 116 Å². The highest BCUT2D eigenvalue weighted by Gasteiger charge is 2.20. The fraction of sp³-hybridized carbons (Fsp3) is 0.333. The quantitative estimate of drug-likeness (QED) is 0.864. The Balaban J connectivity index is 2.24. The van der Waals surface area contributed by atoms with Crippen molar-refractivity contribution in [2.45, 2.75) is 25.7 Å². The zero-order valence-electron chi connectivity index (χ0n) is 11.0. The summed E-state index contributed by atoms with van der Waals surface area (Å²) < 4.78 is 14.1. The molecule has 0 radical (unpaired) electrons. The van der Waals surface area contributed by atoms with E-state index in [1.165, 1.54) is 23.1 Å². The SMILES string of the molecule is O=C(O)C=Cc1ccc(N2CCCCCC2=O)c(F)c1. The van der Waals surface area contributed by atoms with Crippen LogP contribution in [0.25, 0.3) is 6.08 Å². The molecule has 0 spiro atoms. The van der Waals surface area contributed by atoms with Gasteiger partial charge in [0.05, 0.1) is 5.69 Å². The summed E-state index contributed by atoms with van der Waals surface area (Å²) >= 11 is 0. The number of carbonyl (C=O) groups is 2. The summed E-state index contributed by atoms with van der Waals surface area (Å²) in [4.78, 5) is 23.8. The van der Waals surface area contributed by atoms with Gasteiger partial charge in [0.1, 0.15) is 5.82 Å². The molecule has 0 aromatic heterocycles. The van der Waals surface area contributed by atoms with Crippen molar-refractivity contribution in [2.75, 3.05) is 11.4 Å². The molecule has 1 aliphatic heterocycles. The molecular formula is C15H16FNO3. The van der Waals surface area contributed by atoms with E-state index >= 15 is 0 Å².